The van der Waals surface area contributed by atoms with Crippen LogP contribution in [0.5, 0.6) is 0 Å². The molecule has 0 aliphatic heterocycles. The van der Waals surface area contributed by atoms with E-state index < -0.39 is 0 Å². The molecule has 2 N–H and O–H groups in total. The Hall–Kier alpha value is -0.970. The molecule has 0 aromatic heterocycles. The highest BCUT2D eigenvalue weighted by Crippen LogP contribution is 2.30. The van der Waals surface area contributed by atoms with Gasteiger partial charge >= 0.3 is 0 Å². The molecule has 114 valence electrons. The number of ketones is 1. The summed E-state index contributed by atoms with van der Waals surface area (Å²) in [5.41, 5.74) is 10.7. The van der Waals surface area contributed by atoms with Gasteiger partial charge in [-0.2, -0.15) is 0 Å². The fraction of sp³-hybridized carbons (Fsp3) is 0.278. The summed E-state index contributed by atoms with van der Waals surface area (Å²) in [4.78, 5) is 11.2. The summed E-state index contributed by atoms with van der Waals surface area (Å²) in [5.74, 6) is 0.285. The molecule has 2 nitrogen and oxygen atoms in total. The highest BCUT2D eigenvalue weighted by Gasteiger charge is 2.19. The SMILES string of the molecule is NC1CCc2cc(Br)ccc21.O=C1CCc2cc(Br)ccc21. The van der Waals surface area contributed by atoms with Crippen molar-refractivity contribution in [3.8, 4) is 0 Å². The molecule has 2 aliphatic carbocycles. The summed E-state index contributed by atoms with van der Waals surface area (Å²) in [7, 11) is 0. The number of fused-ring (bicyclic) bond motifs is 2. The summed E-state index contributed by atoms with van der Waals surface area (Å²) in [6.45, 7) is 0. The molecule has 2 aromatic carbocycles. The van der Waals surface area contributed by atoms with Gasteiger partial charge in [-0.3, -0.25) is 4.79 Å². The molecule has 0 amide bonds. The Morgan fingerprint density at radius 3 is 2.36 bits per heavy atom. The van der Waals surface area contributed by atoms with Crippen LogP contribution in [-0.4, -0.2) is 5.78 Å². The second kappa shape index (κ2) is 6.65. The van der Waals surface area contributed by atoms with Crippen LogP contribution in [0.25, 0.3) is 0 Å². The van der Waals surface area contributed by atoms with Crippen LogP contribution in [0.3, 0.4) is 0 Å². The molecule has 4 rings (SSSR count). The van der Waals surface area contributed by atoms with Crippen molar-refractivity contribution in [2.45, 2.75) is 31.7 Å². The van der Waals surface area contributed by atoms with Gasteiger partial charge in [-0.05, 0) is 60.2 Å². The van der Waals surface area contributed by atoms with E-state index in [1.807, 2.05) is 18.2 Å². The van der Waals surface area contributed by atoms with Gasteiger partial charge in [0.25, 0.3) is 0 Å². The number of benzene rings is 2. The van der Waals surface area contributed by atoms with Gasteiger partial charge in [-0.1, -0.05) is 44.0 Å². The zero-order chi connectivity index (χ0) is 15.7. The van der Waals surface area contributed by atoms with Crippen molar-refractivity contribution in [2.24, 2.45) is 5.73 Å². The number of carbonyl (C=O) groups excluding carboxylic acids is 1. The van der Waals surface area contributed by atoms with Gasteiger partial charge in [-0.15, -0.1) is 0 Å². The van der Waals surface area contributed by atoms with Crippen LogP contribution in [0, 0.1) is 0 Å². The third kappa shape index (κ3) is 3.34. The normalized spacial score (nSPS) is 18.5. The summed E-state index contributed by atoms with van der Waals surface area (Å²) in [5, 5.41) is 0. The first-order chi connectivity index (χ1) is 10.5. The summed E-state index contributed by atoms with van der Waals surface area (Å²) in [6.07, 6.45) is 3.83. The lowest BCUT2D eigenvalue weighted by Crippen LogP contribution is -2.04. The fourth-order valence-electron chi connectivity index (χ4n) is 3.04. The maximum Gasteiger partial charge on any atom is 0.163 e. The van der Waals surface area contributed by atoms with E-state index in [1.165, 1.54) is 16.7 Å². The number of halogens is 2. The monoisotopic (exact) mass is 421 g/mol. The van der Waals surface area contributed by atoms with E-state index in [4.69, 9.17) is 5.73 Å². The van der Waals surface area contributed by atoms with Crippen LogP contribution >= 0.6 is 31.9 Å². The average molecular weight is 423 g/mol. The molecular formula is C18H17Br2NO. The average Bonchev–Trinajstić information content (AvgIpc) is 3.03. The third-order valence-electron chi connectivity index (χ3n) is 4.22. The molecule has 22 heavy (non-hydrogen) atoms. The topological polar surface area (TPSA) is 43.1 Å². The predicted molar refractivity (Wildman–Crippen MR) is 96.2 cm³/mol. The number of hydrogen-bond acceptors (Lipinski definition) is 2. The van der Waals surface area contributed by atoms with Gasteiger partial charge in [-0.25, -0.2) is 0 Å². The van der Waals surface area contributed by atoms with Crippen molar-refractivity contribution in [2.75, 3.05) is 0 Å². The van der Waals surface area contributed by atoms with E-state index in [0.717, 1.165) is 33.8 Å². The van der Waals surface area contributed by atoms with Crippen LogP contribution in [0.2, 0.25) is 0 Å². The van der Waals surface area contributed by atoms with Crippen molar-refractivity contribution < 1.29 is 4.79 Å². The lowest BCUT2D eigenvalue weighted by atomic mass is 10.1. The summed E-state index contributed by atoms with van der Waals surface area (Å²) in [6, 6.07) is 12.5. The van der Waals surface area contributed by atoms with E-state index in [-0.39, 0.29) is 11.8 Å². The first-order valence-electron chi connectivity index (χ1n) is 7.40. The minimum atomic E-state index is 0.276. The first-order valence-corrected chi connectivity index (χ1v) is 8.99. The van der Waals surface area contributed by atoms with Gasteiger partial charge in [0.05, 0.1) is 0 Å². The molecule has 2 aliphatic rings. The number of nitrogens with two attached hydrogens (primary N) is 1. The van der Waals surface area contributed by atoms with E-state index in [0.29, 0.717) is 6.42 Å². The van der Waals surface area contributed by atoms with Gasteiger partial charge in [0.1, 0.15) is 0 Å². The Kier molecular flexibility index (Phi) is 4.81. The standard InChI is InChI=1S/C9H10BrN.C9H7BrO/c2*10-7-2-3-8-6(5-7)1-4-9(8)11/h2-3,5,9H,1,4,11H2;2-3,5H,1,4H2. The van der Waals surface area contributed by atoms with Crippen molar-refractivity contribution >= 4 is 37.6 Å². The summed E-state index contributed by atoms with van der Waals surface area (Å²) < 4.78 is 2.22. The fourth-order valence-corrected chi connectivity index (χ4v) is 3.86. The lowest BCUT2D eigenvalue weighted by Gasteiger charge is -2.03. The Bertz CT molecular complexity index is 727. The molecule has 0 saturated carbocycles. The number of Topliss-reactive ketones (excluding diaryl/α,β-unsaturated/α-hetero) is 1. The highest BCUT2D eigenvalue weighted by molar-refractivity contribution is 9.10. The molecule has 0 heterocycles. The van der Waals surface area contributed by atoms with Crippen LogP contribution in [0.1, 0.15) is 45.9 Å². The highest BCUT2D eigenvalue weighted by atomic mass is 79.9. The smallest absolute Gasteiger partial charge is 0.163 e. The molecule has 1 atom stereocenters. The number of carbonyl (C=O) groups is 1. The van der Waals surface area contributed by atoms with Gasteiger partial charge in [0.15, 0.2) is 5.78 Å². The third-order valence-corrected chi connectivity index (χ3v) is 5.20. The molecule has 0 bridgehead atoms. The van der Waals surface area contributed by atoms with Gasteiger partial charge in [0.2, 0.25) is 0 Å². The van der Waals surface area contributed by atoms with Gasteiger partial charge < -0.3 is 5.73 Å². The van der Waals surface area contributed by atoms with E-state index in [1.54, 1.807) is 0 Å². The largest absolute Gasteiger partial charge is 0.324 e. The van der Waals surface area contributed by atoms with Gasteiger partial charge in [0, 0.05) is 27.0 Å². The predicted octanol–water partition coefficient (Wildman–Crippen LogP) is 4.97. The van der Waals surface area contributed by atoms with E-state index >= 15 is 0 Å². The maximum absolute atomic E-state index is 11.2. The van der Waals surface area contributed by atoms with Crippen LogP contribution < -0.4 is 5.73 Å². The minimum absolute atomic E-state index is 0.276. The van der Waals surface area contributed by atoms with Crippen LogP contribution in [-0.2, 0) is 12.8 Å². The Balaban J connectivity index is 0.000000131. The number of rotatable bonds is 0. The second-order valence-corrected chi connectivity index (χ2v) is 7.54. The van der Waals surface area contributed by atoms with Crippen molar-refractivity contribution in [3.05, 3.63) is 67.6 Å². The molecule has 2 aromatic rings. The van der Waals surface area contributed by atoms with Crippen molar-refractivity contribution in [1.82, 2.24) is 0 Å². The molecule has 0 fully saturated rings. The quantitative estimate of drug-likeness (QED) is 0.650. The maximum atomic E-state index is 11.2. The molecule has 0 radical (unpaired) electrons. The summed E-state index contributed by atoms with van der Waals surface area (Å²) >= 11 is 6.82. The molecule has 4 heteroatoms. The molecule has 1 unspecified atom stereocenters. The van der Waals surface area contributed by atoms with Crippen molar-refractivity contribution in [3.63, 3.8) is 0 Å². The zero-order valence-electron chi connectivity index (χ0n) is 12.1. The molecule has 0 saturated heterocycles. The molecule has 0 spiro atoms. The molecular weight excluding hydrogens is 406 g/mol. The Labute approximate surface area is 147 Å². The van der Waals surface area contributed by atoms with E-state index in [9.17, 15) is 4.79 Å². The second-order valence-electron chi connectivity index (χ2n) is 5.71. The minimum Gasteiger partial charge on any atom is -0.324 e. The Morgan fingerprint density at radius 1 is 0.909 bits per heavy atom. The number of aryl methyl sites for hydroxylation is 2. The van der Waals surface area contributed by atoms with Crippen molar-refractivity contribution in [1.29, 1.82) is 0 Å². The van der Waals surface area contributed by atoms with Crippen LogP contribution in [0.4, 0.5) is 0 Å². The van der Waals surface area contributed by atoms with Crippen LogP contribution in [0.15, 0.2) is 45.3 Å². The van der Waals surface area contributed by atoms with E-state index in [2.05, 4.69) is 50.1 Å². The Morgan fingerprint density at radius 2 is 1.59 bits per heavy atom. The lowest BCUT2D eigenvalue weighted by molar-refractivity contribution is 0.0994. The zero-order valence-corrected chi connectivity index (χ0v) is 15.3. The first kappa shape index (κ1) is 15.9. The number of hydrogen-bond donors (Lipinski definition) is 1.